The number of hydrogen-bond donors (Lipinski definition) is 2. The van der Waals surface area contributed by atoms with Crippen LogP contribution < -0.4 is 0 Å². The first-order valence-corrected chi connectivity index (χ1v) is 17.2. The van der Waals surface area contributed by atoms with E-state index in [4.69, 9.17) is 4.52 Å². The van der Waals surface area contributed by atoms with Crippen LogP contribution >= 0.6 is 8.25 Å². The summed E-state index contributed by atoms with van der Waals surface area (Å²) in [5.74, 6) is -0.291. The van der Waals surface area contributed by atoms with E-state index in [9.17, 15) is 19.4 Å². The van der Waals surface area contributed by atoms with Crippen molar-refractivity contribution in [3.63, 3.8) is 0 Å². The van der Waals surface area contributed by atoms with Crippen LogP contribution in [0.25, 0.3) is 0 Å². The molecule has 1 aromatic rings. The van der Waals surface area contributed by atoms with Crippen molar-refractivity contribution in [3.8, 4) is 5.75 Å². The number of hydrogen-bond acceptors (Lipinski definition) is 4. The molecule has 0 amide bonds. The Labute approximate surface area is 240 Å². The molecule has 0 saturated heterocycles. The highest BCUT2D eigenvalue weighted by Gasteiger charge is 2.41. The minimum atomic E-state index is -2.82. The quantitative estimate of drug-likeness (QED) is 0.0663. The molecule has 6 heteroatoms. The lowest BCUT2D eigenvalue weighted by Gasteiger charge is -2.29. The van der Waals surface area contributed by atoms with Crippen molar-refractivity contribution in [3.05, 3.63) is 29.3 Å². The molecule has 1 aromatic carbocycles. The van der Waals surface area contributed by atoms with Crippen LogP contribution in [0.1, 0.15) is 178 Å². The molecule has 224 valence electrons. The number of unbranched alkanes of at least 4 members (excludes halogenated alkanes) is 18. The third-order valence-electron chi connectivity index (χ3n) is 8.02. The number of aromatic hydroxyl groups is 1. The maximum atomic E-state index is 12.1. The number of rotatable bonds is 26. The van der Waals surface area contributed by atoms with Crippen molar-refractivity contribution < 1.29 is 23.9 Å². The molecule has 0 fully saturated rings. The van der Waals surface area contributed by atoms with Gasteiger partial charge in [0.25, 0.3) is 0 Å². The van der Waals surface area contributed by atoms with Gasteiger partial charge in [0.05, 0.1) is 5.56 Å². The highest BCUT2D eigenvalue weighted by molar-refractivity contribution is 7.32. The largest absolute Gasteiger partial charge is 0.695 e. The second-order valence-electron chi connectivity index (χ2n) is 11.5. The van der Waals surface area contributed by atoms with Gasteiger partial charge in [0.1, 0.15) is 5.75 Å². The van der Waals surface area contributed by atoms with E-state index >= 15 is 0 Å². The first-order valence-electron chi connectivity index (χ1n) is 16.1. The van der Waals surface area contributed by atoms with Gasteiger partial charge in [0, 0.05) is 4.57 Å². The molecular formula is C33H58O5P+. The average Bonchev–Trinajstić information content (AvgIpc) is 2.90. The molecule has 0 heterocycles. The fourth-order valence-electron chi connectivity index (χ4n) is 5.60. The Morgan fingerprint density at radius 3 is 1.46 bits per heavy atom. The first kappa shape index (κ1) is 35.7. The van der Waals surface area contributed by atoms with Crippen LogP contribution in [0.2, 0.25) is 0 Å². The Kier molecular flexibility index (Phi) is 20.5. The standard InChI is InChI=1S/C33H57O5P/c1-4-6-8-10-12-14-16-18-20-22-26-33(38-39(36)37,30-24-25-32(35)31(28-30)29(3)34)27-23-21-19-17-15-13-11-9-7-5-2/h24-25,28H,4-23,26-27H2,1-3H3,(H-,34,35,36,37)/p+1. The van der Waals surface area contributed by atoms with Gasteiger partial charge in [-0.3, -0.25) is 4.79 Å². The summed E-state index contributed by atoms with van der Waals surface area (Å²) in [5.41, 5.74) is 0.0231. The summed E-state index contributed by atoms with van der Waals surface area (Å²) in [5, 5.41) is 10.2. The van der Waals surface area contributed by atoms with E-state index in [1.165, 1.54) is 103 Å². The Hall–Kier alpha value is -1.29. The van der Waals surface area contributed by atoms with Crippen molar-refractivity contribution in [2.45, 2.75) is 168 Å². The molecule has 2 N–H and O–H groups in total. The smallest absolute Gasteiger partial charge is 0.507 e. The molecule has 0 radical (unpaired) electrons. The molecule has 1 unspecified atom stereocenters. The molecule has 0 bridgehead atoms. The van der Waals surface area contributed by atoms with Gasteiger partial charge < -0.3 is 5.11 Å². The highest BCUT2D eigenvalue weighted by atomic mass is 31.1. The molecule has 0 aliphatic rings. The zero-order valence-electron chi connectivity index (χ0n) is 25.4. The van der Waals surface area contributed by atoms with Crippen LogP contribution in [0.15, 0.2) is 18.2 Å². The third-order valence-corrected chi connectivity index (χ3v) is 8.53. The van der Waals surface area contributed by atoms with Crippen LogP contribution in [-0.2, 0) is 14.7 Å². The lowest BCUT2D eigenvalue weighted by molar-refractivity contribution is 0.0379. The molecule has 39 heavy (non-hydrogen) atoms. The summed E-state index contributed by atoms with van der Waals surface area (Å²) in [6.07, 6.45) is 25.6. The monoisotopic (exact) mass is 565 g/mol. The Balaban J connectivity index is 2.75. The van der Waals surface area contributed by atoms with Crippen molar-refractivity contribution in [1.29, 1.82) is 0 Å². The summed E-state index contributed by atoms with van der Waals surface area (Å²) in [6.45, 7) is 5.91. The minimum absolute atomic E-state index is 0.0635. The van der Waals surface area contributed by atoms with Gasteiger partial charge in [-0.25, -0.2) is 0 Å². The van der Waals surface area contributed by atoms with Crippen molar-refractivity contribution in [1.82, 2.24) is 0 Å². The van der Waals surface area contributed by atoms with Gasteiger partial charge in [-0.1, -0.05) is 148 Å². The maximum absolute atomic E-state index is 12.1. The molecule has 0 spiro atoms. The third kappa shape index (κ3) is 15.9. The fourth-order valence-corrected chi connectivity index (χ4v) is 6.19. The summed E-state index contributed by atoms with van der Waals surface area (Å²) < 4.78 is 17.9. The summed E-state index contributed by atoms with van der Waals surface area (Å²) >= 11 is 0. The zero-order valence-corrected chi connectivity index (χ0v) is 26.2. The normalized spacial score (nSPS) is 12.2. The van der Waals surface area contributed by atoms with E-state index in [2.05, 4.69) is 13.8 Å². The van der Waals surface area contributed by atoms with Crippen LogP contribution in [0.4, 0.5) is 0 Å². The lowest BCUT2D eigenvalue weighted by Crippen LogP contribution is -2.28. The number of phenolic OH excluding ortho intramolecular Hbond substituents is 1. The molecule has 0 aliphatic heterocycles. The maximum Gasteiger partial charge on any atom is 0.695 e. The second-order valence-corrected chi connectivity index (χ2v) is 12.1. The number of carbonyl (C=O) groups is 1. The van der Waals surface area contributed by atoms with Gasteiger partial charge in [0.15, 0.2) is 11.4 Å². The van der Waals surface area contributed by atoms with E-state index in [1.807, 2.05) is 0 Å². The minimum Gasteiger partial charge on any atom is -0.507 e. The Bertz CT molecular complexity index is 770. The number of Topliss-reactive ketones (excluding diaryl/α,β-unsaturated/α-hetero) is 1. The van der Waals surface area contributed by atoms with E-state index < -0.39 is 13.9 Å². The molecule has 0 aromatic heterocycles. The fraction of sp³-hybridized carbons (Fsp3) is 0.788. The molecule has 0 saturated carbocycles. The molecule has 5 nitrogen and oxygen atoms in total. The van der Waals surface area contributed by atoms with E-state index in [-0.39, 0.29) is 17.1 Å². The summed E-state index contributed by atoms with van der Waals surface area (Å²) in [7, 11) is -2.82. The predicted molar refractivity (Wildman–Crippen MR) is 164 cm³/mol. The zero-order chi connectivity index (χ0) is 28.8. The van der Waals surface area contributed by atoms with E-state index in [0.717, 1.165) is 44.1 Å². The van der Waals surface area contributed by atoms with Crippen molar-refractivity contribution >= 4 is 14.0 Å². The van der Waals surface area contributed by atoms with E-state index in [0.29, 0.717) is 12.8 Å². The molecule has 1 atom stereocenters. The molecular weight excluding hydrogens is 507 g/mol. The average molecular weight is 566 g/mol. The Morgan fingerprint density at radius 1 is 0.718 bits per heavy atom. The number of phenols is 1. The second kappa shape index (κ2) is 22.4. The summed E-state index contributed by atoms with van der Waals surface area (Å²) in [4.78, 5) is 22.0. The van der Waals surface area contributed by atoms with Crippen molar-refractivity contribution in [2.24, 2.45) is 0 Å². The Morgan fingerprint density at radius 2 is 1.10 bits per heavy atom. The number of ketones is 1. The van der Waals surface area contributed by atoms with Gasteiger partial charge in [0.2, 0.25) is 0 Å². The van der Waals surface area contributed by atoms with Crippen LogP contribution in [0.3, 0.4) is 0 Å². The molecule has 1 rings (SSSR count). The lowest BCUT2D eigenvalue weighted by atomic mass is 9.82. The first-order chi connectivity index (χ1) is 18.9. The SMILES string of the molecule is CCCCCCCCCCCCC(CCCCCCCCCCCC)(O[P+](=O)O)c1ccc(O)c(C(C)=O)c1. The summed E-state index contributed by atoms with van der Waals surface area (Å²) in [6, 6.07) is 4.95. The van der Waals surface area contributed by atoms with E-state index in [1.54, 1.807) is 12.1 Å². The van der Waals surface area contributed by atoms with Crippen LogP contribution in [0.5, 0.6) is 5.75 Å². The van der Waals surface area contributed by atoms with Gasteiger partial charge >= 0.3 is 8.25 Å². The topological polar surface area (TPSA) is 83.8 Å². The van der Waals surface area contributed by atoms with Gasteiger partial charge in [-0.2, -0.15) is 0 Å². The predicted octanol–water partition coefficient (Wildman–Crippen LogP) is 11.1. The number of benzene rings is 1. The van der Waals surface area contributed by atoms with Crippen LogP contribution in [-0.4, -0.2) is 15.8 Å². The van der Waals surface area contributed by atoms with Crippen LogP contribution in [0, 0.1) is 0 Å². The number of carbonyl (C=O) groups excluding carboxylic acids is 1. The molecule has 0 aliphatic carbocycles. The van der Waals surface area contributed by atoms with Crippen molar-refractivity contribution in [2.75, 3.05) is 0 Å². The van der Waals surface area contributed by atoms with Gasteiger partial charge in [-0.05, 0) is 37.5 Å². The highest BCUT2D eigenvalue weighted by Crippen LogP contribution is 2.44. The van der Waals surface area contributed by atoms with Gasteiger partial charge in [-0.15, -0.1) is 9.42 Å².